The van der Waals surface area contributed by atoms with Crippen molar-refractivity contribution in [1.29, 1.82) is 5.26 Å². The highest BCUT2D eigenvalue weighted by Gasteiger charge is 2.50. The fourth-order valence-corrected chi connectivity index (χ4v) is 5.72. The zero-order chi connectivity index (χ0) is 16.4. The Morgan fingerprint density at radius 1 is 1.08 bits per heavy atom. The molecule has 4 aliphatic carbocycles. The van der Waals surface area contributed by atoms with Crippen molar-refractivity contribution in [2.24, 2.45) is 28.2 Å². The summed E-state index contributed by atoms with van der Waals surface area (Å²) in [5.74, 6) is 3.47. The van der Waals surface area contributed by atoms with Gasteiger partial charge in [0.2, 0.25) is 5.96 Å². The highest BCUT2D eigenvalue weighted by atomic mass is 15.2. The largest absolute Gasteiger partial charge is 0.355 e. The third kappa shape index (κ3) is 3.26. The number of nitriles is 1. The lowest BCUT2D eigenvalue weighted by Crippen LogP contribution is -2.52. The number of nitrogens with zero attached hydrogens (tertiary/aromatic N) is 2. The molecule has 0 radical (unpaired) electrons. The number of rotatable bonds is 4. The SMILES string of the molecule is N#CNC(=NCc1ccccc1)NCC12CC3CC(CC(C3)C1)C2. The van der Waals surface area contributed by atoms with Gasteiger partial charge in [0.05, 0.1) is 6.54 Å². The van der Waals surface area contributed by atoms with Crippen molar-refractivity contribution >= 4 is 5.96 Å². The molecule has 1 aromatic rings. The Morgan fingerprint density at radius 2 is 1.71 bits per heavy atom. The normalized spacial score (nSPS) is 34.0. The Hall–Kier alpha value is -2.02. The van der Waals surface area contributed by atoms with Crippen molar-refractivity contribution in [3.63, 3.8) is 0 Å². The molecule has 0 saturated heterocycles. The predicted molar refractivity (Wildman–Crippen MR) is 94.9 cm³/mol. The van der Waals surface area contributed by atoms with Crippen LogP contribution in [-0.4, -0.2) is 12.5 Å². The monoisotopic (exact) mass is 322 g/mol. The lowest BCUT2D eigenvalue weighted by Gasteiger charge is -2.57. The number of guanidine groups is 1. The third-order valence-corrected chi connectivity index (χ3v) is 6.23. The van der Waals surface area contributed by atoms with Gasteiger partial charge in [0.15, 0.2) is 6.19 Å². The Kier molecular flexibility index (Phi) is 4.18. The molecule has 4 heteroatoms. The lowest BCUT2D eigenvalue weighted by atomic mass is 9.49. The minimum atomic E-state index is 0.444. The van der Waals surface area contributed by atoms with Gasteiger partial charge < -0.3 is 5.32 Å². The number of benzene rings is 1. The highest BCUT2D eigenvalue weighted by molar-refractivity contribution is 5.81. The molecule has 4 bridgehead atoms. The first-order valence-electron chi connectivity index (χ1n) is 9.22. The van der Waals surface area contributed by atoms with E-state index in [1.165, 1.54) is 38.5 Å². The van der Waals surface area contributed by atoms with Crippen LogP contribution in [0, 0.1) is 34.6 Å². The summed E-state index contributed by atoms with van der Waals surface area (Å²) >= 11 is 0. The summed E-state index contributed by atoms with van der Waals surface area (Å²) in [5, 5.41) is 15.2. The Labute approximate surface area is 144 Å². The fraction of sp³-hybridized carbons (Fsp3) is 0.600. The maximum atomic E-state index is 9.01. The standard InChI is InChI=1S/C20H26N4/c21-14-24-19(22-12-15-4-2-1-3-5-15)23-13-20-9-16-6-17(10-20)8-18(7-16)11-20/h1-5,16-18H,6-13H2,(H2,22,23,24). The number of hydrogen-bond acceptors (Lipinski definition) is 2. The van der Waals surface area contributed by atoms with Crippen molar-refractivity contribution in [1.82, 2.24) is 10.6 Å². The molecule has 0 unspecified atom stereocenters. The van der Waals surface area contributed by atoms with Gasteiger partial charge in [-0.05, 0) is 67.3 Å². The second-order valence-electron chi connectivity index (χ2n) is 8.16. The molecule has 0 aliphatic heterocycles. The number of hydrogen-bond donors (Lipinski definition) is 2. The summed E-state index contributed by atoms with van der Waals surface area (Å²) in [5.41, 5.74) is 1.60. The van der Waals surface area contributed by atoms with E-state index in [1.807, 2.05) is 24.4 Å². The van der Waals surface area contributed by atoms with E-state index in [2.05, 4.69) is 27.8 Å². The molecule has 2 N–H and O–H groups in total. The van der Waals surface area contributed by atoms with Crippen LogP contribution in [0.3, 0.4) is 0 Å². The van der Waals surface area contributed by atoms with Crippen molar-refractivity contribution < 1.29 is 0 Å². The number of nitrogens with one attached hydrogen (secondary N) is 2. The molecule has 4 nitrogen and oxygen atoms in total. The molecule has 0 heterocycles. The van der Waals surface area contributed by atoms with Crippen LogP contribution in [-0.2, 0) is 6.54 Å². The second-order valence-corrected chi connectivity index (χ2v) is 8.16. The number of aliphatic imine (C=N–C) groups is 1. The fourth-order valence-electron chi connectivity index (χ4n) is 5.72. The van der Waals surface area contributed by atoms with Crippen LogP contribution in [0.1, 0.15) is 44.1 Å². The lowest BCUT2D eigenvalue weighted by molar-refractivity contribution is -0.0492. The molecule has 4 aliphatic rings. The molecule has 1 aromatic carbocycles. The minimum absolute atomic E-state index is 0.444. The van der Waals surface area contributed by atoms with E-state index >= 15 is 0 Å². The average molecular weight is 322 g/mol. The van der Waals surface area contributed by atoms with Crippen molar-refractivity contribution in [2.75, 3.05) is 6.54 Å². The summed E-state index contributed by atoms with van der Waals surface area (Å²) < 4.78 is 0. The van der Waals surface area contributed by atoms with Crippen LogP contribution < -0.4 is 10.6 Å². The van der Waals surface area contributed by atoms with E-state index in [4.69, 9.17) is 5.26 Å². The topological polar surface area (TPSA) is 60.2 Å². The molecule has 0 amide bonds. The maximum absolute atomic E-state index is 9.01. The van der Waals surface area contributed by atoms with Crippen LogP contribution in [0.2, 0.25) is 0 Å². The zero-order valence-electron chi connectivity index (χ0n) is 14.2. The van der Waals surface area contributed by atoms with E-state index in [9.17, 15) is 0 Å². The van der Waals surface area contributed by atoms with Gasteiger partial charge in [-0.1, -0.05) is 30.3 Å². The van der Waals surface area contributed by atoms with Crippen molar-refractivity contribution in [3.05, 3.63) is 35.9 Å². The van der Waals surface area contributed by atoms with Crippen molar-refractivity contribution in [2.45, 2.75) is 45.1 Å². The Bertz CT molecular complexity index is 608. The van der Waals surface area contributed by atoms with Gasteiger partial charge in [-0.3, -0.25) is 5.32 Å². The van der Waals surface area contributed by atoms with Gasteiger partial charge in [-0.15, -0.1) is 0 Å². The van der Waals surface area contributed by atoms with E-state index in [1.54, 1.807) is 0 Å². The summed E-state index contributed by atoms with van der Waals surface area (Å²) in [6.07, 6.45) is 10.5. The molecule has 5 rings (SSSR count). The third-order valence-electron chi connectivity index (χ3n) is 6.23. The molecular weight excluding hydrogens is 296 g/mol. The van der Waals surface area contributed by atoms with E-state index in [0.29, 0.717) is 17.9 Å². The van der Waals surface area contributed by atoms with Gasteiger partial charge in [-0.25, -0.2) is 4.99 Å². The molecule has 4 fully saturated rings. The minimum Gasteiger partial charge on any atom is -0.355 e. The van der Waals surface area contributed by atoms with Gasteiger partial charge in [0, 0.05) is 6.54 Å². The molecule has 0 aromatic heterocycles. The van der Waals surface area contributed by atoms with Gasteiger partial charge in [-0.2, -0.15) is 5.26 Å². The molecule has 0 spiro atoms. The van der Waals surface area contributed by atoms with Crippen LogP contribution in [0.25, 0.3) is 0 Å². The van der Waals surface area contributed by atoms with E-state index < -0.39 is 0 Å². The van der Waals surface area contributed by atoms with Crippen LogP contribution >= 0.6 is 0 Å². The average Bonchev–Trinajstić information content (AvgIpc) is 2.57. The van der Waals surface area contributed by atoms with Crippen LogP contribution in [0.5, 0.6) is 0 Å². The molecule has 4 saturated carbocycles. The van der Waals surface area contributed by atoms with Crippen LogP contribution in [0.4, 0.5) is 0 Å². The van der Waals surface area contributed by atoms with Gasteiger partial charge in [0.25, 0.3) is 0 Å². The van der Waals surface area contributed by atoms with E-state index in [-0.39, 0.29) is 0 Å². The molecule has 24 heavy (non-hydrogen) atoms. The first-order chi connectivity index (χ1) is 11.7. The van der Waals surface area contributed by atoms with Gasteiger partial charge >= 0.3 is 0 Å². The first-order valence-corrected chi connectivity index (χ1v) is 9.22. The molecule has 126 valence electrons. The molecular formula is C20H26N4. The Morgan fingerprint density at radius 3 is 2.29 bits per heavy atom. The van der Waals surface area contributed by atoms with Crippen LogP contribution in [0.15, 0.2) is 35.3 Å². The predicted octanol–water partition coefficient (Wildman–Crippen LogP) is 3.42. The summed E-state index contributed by atoms with van der Waals surface area (Å²) in [7, 11) is 0. The Balaban J connectivity index is 1.40. The highest BCUT2D eigenvalue weighted by Crippen LogP contribution is 2.59. The van der Waals surface area contributed by atoms with E-state index in [0.717, 1.165) is 29.9 Å². The van der Waals surface area contributed by atoms with Crippen molar-refractivity contribution in [3.8, 4) is 6.19 Å². The summed E-state index contributed by atoms with van der Waals surface area (Å²) in [6.45, 7) is 1.55. The quantitative estimate of drug-likeness (QED) is 0.386. The maximum Gasteiger partial charge on any atom is 0.205 e. The zero-order valence-corrected chi connectivity index (χ0v) is 14.2. The molecule has 0 atom stereocenters. The first kappa shape index (κ1) is 15.5. The summed E-state index contributed by atoms with van der Waals surface area (Å²) in [4.78, 5) is 4.57. The summed E-state index contributed by atoms with van der Waals surface area (Å²) in [6, 6.07) is 10.2. The second kappa shape index (κ2) is 6.47. The smallest absolute Gasteiger partial charge is 0.205 e. The van der Waals surface area contributed by atoms with Gasteiger partial charge in [0.1, 0.15) is 0 Å².